The predicted molar refractivity (Wildman–Crippen MR) is 67.2 cm³/mol. The van der Waals surface area contributed by atoms with Gasteiger partial charge in [-0.05, 0) is 19.3 Å². The average Bonchev–Trinajstić information content (AvgIpc) is 2.27. The van der Waals surface area contributed by atoms with Crippen LogP contribution < -0.4 is 0 Å². The number of hydrogen-bond donors (Lipinski definition) is 1. The van der Waals surface area contributed by atoms with Gasteiger partial charge < -0.3 is 9.84 Å². The van der Waals surface area contributed by atoms with Gasteiger partial charge in [0.05, 0.1) is 0 Å². The maximum atomic E-state index is 8.20. The molecule has 0 radical (unpaired) electrons. The van der Waals surface area contributed by atoms with Gasteiger partial charge in [-0.2, -0.15) is 0 Å². The molecule has 0 aromatic heterocycles. The van der Waals surface area contributed by atoms with Crippen molar-refractivity contribution in [3.05, 3.63) is 0 Å². The Morgan fingerprint density at radius 2 is 1.20 bits per heavy atom. The molecule has 1 N–H and O–H groups in total. The van der Waals surface area contributed by atoms with Crippen molar-refractivity contribution < 1.29 is 9.84 Å². The van der Waals surface area contributed by atoms with Crippen LogP contribution in [-0.2, 0) is 4.74 Å². The second-order valence-electron chi connectivity index (χ2n) is 3.75. The zero-order chi connectivity index (χ0) is 11.8. The van der Waals surface area contributed by atoms with Gasteiger partial charge in [-0.3, -0.25) is 0 Å². The first kappa shape index (κ1) is 17.3. The normalized spacial score (nSPS) is 9.60. The highest BCUT2D eigenvalue weighted by Crippen LogP contribution is 1.91. The van der Waals surface area contributed by atoms with Gasteiger partial charge in [0.15, 0.2) is 0 Å². The van der Waals surface area contributed by atoms with Gasteiger partial charge in [-0.1, -0.05) is 46.5 Å². The zero-order valence-electron chi connectivity index (χ0n) is 10.9. The Morgan fingerprint density at radius 1 is 0.733 bits per heavy atom. The first-order chi connectivity index (χ1) is 7.33. The lowest BCUT2D eigenvalue weighted by molar-refractivity contribution is 0.128. The molecule has 0 saturated heterocycles. The monoisotopic (exact) mass is 218 g/mol. The van der Waals surface area contributed by atoms with Gasteiger partial charge in [0.25, 0.3) is 0 Å². The van der Waals surface area contributed by atoms with E-state index in [4.69, 9.17) is 9.84 Å². The molecular formula is C13H30O2. The zero-order valence-corrected chi connectivity index (χ0v) is 10.9. The van der Waals surface area contributed by atoms with E-state index in [1.54, 1.807) is 0 Å². The van der Waals surface area contributed by atoms with E-state index in [9.17, 15) is 0 Å². The van der Waals surface area contributed by atoms with Crippen LogP contribution in [0.2, 0.25) is 0 Å². The maximum Gasteiger partial charge on any atom is 0.0465 e. The number of aliphatic hydroxyl groups excluding tert-OH is 1. The van der Waals surface area contributed by atoms with Crippen molar-refractivity contribution in [3.63, 3.8) is 0 Å². The Labute approximate surface area is 96.0 Å². The lowest BCUT2D eigenvalue weighted by Gasteiger charge is -1.99. The topological polar surface area (TPSA) is 29.5 Å². The van der Waals surface area contributed by atoms with Crippen LogP contribution in [0.15, 0.2) is 0 Å². The predicted octanol–water partition coefficient (Wildman–Crippen LogP) is 3.77. The average molecular weight is 218 g/mol. The van der Waals surface area contributed by atoms with E-state index in [0.29, 0.717) is 6.61 Å². The van der Waals surface area contributed by atoms with Crippen LogP contribution in [0.1, 0.15) is 65.7 Å². The molecule has 0 fully saturated rings. The van der Waals surface area contributed by atoms with Crippen molar-refractivity contribution in [1.82, 2.24) is 0 Å². The molecule has 0 aromatic carbocycles. The fourth-order valence-corrected chi connectivity index (χ4v) is 0.957. The Kier molecular flexibility index (Phi) is 22.5. The molecule has 0 aromatic rings. The molecule has 94 valence electrons. The molecule has 0 spiro atoms. The second kappa shape index (κ2) is 19.5. The number of rotatable bonds is 9. The Bertz CT molecular complexity index is 74.6. The number of ether oxygens (including phenoxy) is 1. The van der Waals surface area contributed by atoms with E-state index in [1.165, 1.54) is 32.1 Å². The SMILES string of the molecule is CCCCCO.CCCCOCCCC. The van der Waals surface area contributed by atoms with Crippen molar-refractivity contribution >= 4 is 0 Å². The van der Waals surface area contributed by atoms with Crippen molar-refractivity contribution in [3.8, 4) is 0 Å². The van der Waals surface area contributed by atoms with E-state index in [2.05, 4.69) is 20.8 Å². The molecule has 0 bridgehead atoms. The van der Waals surface area contributed by atoms with E-state index in [-0.39, 0.29) is 0 Å². The Balaban J connectivity index is 0. The van der Waals surface area contributed by atoms with Crippen LogP contribution in [0.3, 0.4) is 0 Å². The minimum absolute atomic E-state index is 0.355. The molecule has 0 rings (SSSR count). The van der Waals surface area contributed by atoms with Crippen molar-refractivity contribution in [2.45, 2.75) is 65.7 Å². The van der Waals surface area contributed by atoms with Crippen LogP contribution in [0.5, 0.6) is 0 Å². The van der Waals surface area contributed by atoms with Gasteiger partial charge in [-0.25, -0.2) is 0 Å². The largest absolute Gasteiger partial charge is 0.396 e. The number of aliphatic hydroxyl groups is 1. The van der Waals surface area contributed by atoms with Crippen LogP contribution >= 0.6 is 0 Å². The second-order valence-corrected chi connectivity index (χ2v) is 3.75. The molecule has 0 aliphatic rings. The van der Waals surface area contributed by atoms with Crippen molar-refractivity contribution in [2.75, 3.05) is 19.8 Å². The van der Waals surface area contributed by atoms with Crippen molar-refractivity contribution in [1.29, 1.82) is 0 Å². The van der Waals surface area contributed by atoms with Gasteiger partial charge >= 0.3 is 0 Å². The fraction of sp³-hybridized carbons (Fsp3) is 1.00. The molecule has 0 amide bonds. The molecule has 0 aliphatic heterocycles. The molecule has 0 aliphatic carbocycles. The lowest BCUT2D eigenvalue weighted by Crippen LogP contribution is -1.95. The van der Waals surface area contributed by atoms with Crippen molar-refractivity contribution in [2.24, 2.45) is 0 Å². The van der Waals surface area contributed by atoms with Gasteiger partial charge in [-0.15, -0.1) is 0 Å². The summed E-state index contributed by atoms with van der Waals surface area (Å²) in [5.41, 5.74) is 0. The van der Waals surface area contributed by atoms with E-state index in [1.807, 2.05) is 0 Å². The van der Waals surface area contributed by atoms with E-state index >= 15 is 0 Å². The van der Waals surface area contributed by atoms with Crippen LogP contribution in [0.4, 0.5) is 0 Å². The highest BCUT2D eigenvalue weighted by Gasteiger charge is 1.84. The summed E-state index contributed by atoms with van der Waals surface area (Å²) >= 11 is 0. The molecule has 0 heterocycles. The summed E-state index contributed by atoms with van der Waals surface area (Å²) in [5.74, 6) is 0. The summed E-state index contributed by atoms with van der Waals surface area (Å²) in [5, 5.41) is 8.20. The summed E-state index contributed by atoms with van der Waals surface area (Å²) in [7, 11) is 0. The third-order valence-corrected chi connectivity index (χ3v) is 2.05. The fourth-order valence-electron chi connectivity index (χ4n) is 0.957. The Morgan fingerprint density at radius 3 is 1.47 bits per heavy atom. The number of unbranched alkanes of at least 4 members (excludes halogenated alkanes) is 4. The molecule has 2 nitrogen and oxygen atoms in total. The molecule has 0 atom stereocenters. The highest BCUT2D eigenvalue weighted by atomic mass is 16.5. The standard InChI is InChI=1S/C8H18O.C5H12O/c1-3-5-7-9-8-6-4-2;1-2-3-4-5-6/h3-8H2,1-2H3;6H,2-5H2,1H3. The maximum absolute atomic E-state index is 8.20. The number of hydrogen-bond acceptors (Lipinski definition) is 2. The summed E-state index contributed by atoms with van der Waals surface area (Å²) < 4.78 is 5.31. The van der Waals surface area contributed by atoms with Crippen LogP contribution in [0, 0.1) is 0 Å². The minimum atomic E-state index is 0.355. The summed E-state index contributed by atoms with van der Waals surface area (Å²) in [6.45, 7) is 8.75. The minimum Gasteiger partial charge on any atom is -0.396 e. The first-order valence-corrected chi connectivity index (χ1v) is 6.51. The quantitative estimate of drug-likeness (QED) is 0.597. The third-order valence-electron chi connectivity index (χ3n) is 2.05. The lowest BCUT2D eigenvalue weighted by atomic mass is 10.3. The third kappa shape index (κ3) is 24.9. The molecule has 0 unspecified atom stereocenters. The van der Waals surface area contributed by atoms with E-state index in [0.717, 1.165) is 26.1 Å². The van der Waals surface area contributed by atoms with Gasteiger partial charge in [0.2, 0.25) is 0 Å². The highest BCUT2D eigenvalue weighted by molar-refractivity contribution is 4.34. The smallest absolute Gasteiger partial charge is 0.0465 e. The summed E-state index contributed by atoms with van der Waals surface area (Å²) in [6.07, 6.45) is 8.24. The first-order valence-electron chi connectivity index (χ1n) is 6.51. The summed E-state index contributed by atoms with van der Waals surface area (Å²) in [6, 6.07) is 0. The summed E-state index contributed by atoms with van der Waals surface area (Å²) in [4.78, 5) is 0. The molecule has 2 heteroatoms. The van der Waals surface area contributed by atoms with E-state index < -0.39 is 0 Å². The molecule has 15 heavy (non-hydrogen) atoms. The molecule has 0 saturated carbocycles. The van der Waals surface area contributed by atoms with Gasteiger partial charge in [0.1, 0.15) is 0 Å². The molecular weight excluding hydrogens is 188 g/mol. The van der Waals surface area contributed by atoms with Gasteiger partial charge in [0, 0.05) is 19.8 Å². The van der Waals surface area contributed by atoms with Crippen LogP contribution in [-0.4, -0.2) is 24.9 Å². The Hall–Kier alpha value is -0.0800. The van der Waals surface area contributed by atoms with Crippen LogP contribution in [0.25, 0.3) is 0 Å².